The first-order chi connectivity index (χ1) is 7.03. The Labute approximate surface area is 94.2 Å². The summed E-state index contributed by atoms with van der Waals surface area (Å²) in [6.45, 7) is 6.55. The molecule has 0 N–H and O–H groups in total. The van der Waals surface area contributed by atoms with Gasteiger partial charge in [0.15, 0.2) is 0 Å². The van der Waals surface area contributed by atoms with Gasteiger partial charge < -0.3 is 0 Å². The van der Waals surface area contributed by atoms with E-state index < -0.39 is 0 Å². The van der Waals surface area contributed by atoms with Gasteiger partial charge in [-0.2, -0.15) is 0 Å². The summed E-state index contributed by atoms with van der Waals surface area (Å²) < 4.78 is 0. The van der Waals surface area contributed by atoms with Gasteiger partial charge in [0.2, 0.25) is 0 Å². The fourth-order valence-electron chi connectivity index (χ4n) is 1.68. The van der Waals surface area contributed by atoms with Crippen molar-refractivity contribution in [1.29, 1.82) is 0 Å². The SMILES string of the molecule is C=S1C(CC)=NC2=C1C=CC(C)(C)C=C2. The molecule has 0 aromatic heterocycles. The minimum atomic E-state index is -0.0299. The third kappa shape index (κ3) is 1.91. The second-order valence-electron chi connectivity index (χ2n) is 4.49. The number of hydrogen-bond acceptors (Lipinski definition) is 1. The van der Waals surface area contributed by atoms with Crippen LogP contribution in [0.3, 0.4) is 0 Å². The van der Waals surface area contributed by atoms with Gasteiger partial charge in [-0.1, -0.05) is 38.8 Å². The zero-order valence-electron chi connectivity index (χ0n) is 9.58. The van der Waals surface area contributed by atoms with E-state index in [2.05, 4.69) is 55.9 Å². The lowest BCUT2D eigenvalue weighted by Crippen LogP contribution is -2.01. The van der Waals surface area contributed by atoms with Crippen LogP contribution in [0.15, 0.2) is 39.9 Å². The predicted molar refractivity (Wildman–Crippen MR) is 71.5 cm³/mol. The molecule has 2 rings (SSSR count). The van der Waals surface area contributed by atoms with Crippen LogP contribution >= 0.6 is 10.5 Å². The minimum Gasteiger partial charge on any atom is -0.246 e. The molecule has 1 aliphatic heterocycles. The van der Waals surface area contributed by atoms with Crippen LogP contribution in [0.25, 0.3) is 0 Å². The number of aliphatic imine (C=N–C) groups is 1. The highest BCUT2D eigenvalue weighted by Gasteiger charge is 2.20. The summed E-state index contributed by atoms with van der Waals surface area (Å²) in [4.78, 5) is 5.94. The summed E-state index contributed by atoms with van der Waals surface area (Å²) in [5.41, 5.74) is 1.25. The highest BCUT2D eigenvalue weighted by molar-refractivity contribution is 8.30. The summed E-state index contributed by atoms with van der Waals surface area (Å²) in [6.07, 6.45) is 9.81. The van der Waals surface area contributed by atoms with Crippen molar-refractivity contribution >= 4 is 21.4 Å². The van der Waals surface area contributed by atoms with Crippen LogP contribution in [0, 0.1) is 5.41 Å². The van der Waals surface area contributed by atoms with Gasteiger partial charge in [-0.3, -0.25) is 0 Å². The molecule has 0 saturated heterocycles. The van der Waals surface area contributed by atoms with Gasteiger partial charge in [0.05, 0.1) is 10.7 Å². The lowest BCUT2D eigenvalue weighted by Gasteiger charge is -2.13. The highest BCUT2D eigenvalue weighted by atomic mass is 32.2. The molecule has 2 aliphatic rings. The molecule has 1 atom stereocenters. The van der Waals surface area contributed by atoms with Crippen LogP contribution < -0.4 is 0 Å². The molecular weight excluding hydrogens is 202 g/mol. The van der Waals surface area contributed by atoms with Gasteiger partial charge in [-0.15, -0.1) is 10.5 Å². The van der Waals surface area contributed by atoms with Crippen molar-refractivity contribution in [2.24, 2.45) is 10.4 Å². The molecule has 1 nitrogen and oxygen atoms in total. The normalized spacial score (nSPS) is 27.7. The molecule has 0 spiro atoms. The van der Waals surface area contributed by atoms with Gasteiger partial charge in [-0.05, 0) is 18.6 Å². The van der Waals surface area contributed by atoms with E-state index in [0.717, 1.165) is 12.1 Å². The topological polar surface area (TPSA) is 12.4 Å². The first-order valence-corrected chi connectivity index (χ1v) is 6.67. The molecule has 1 unspecified atom stereocenters. The molecule has 0 aromatic rings. The largest absolute Gasteiger partial charge is 0.246 e. The molecule has 0 bridgehead atoms. The molecule has 15 heavy (non-hydrogen) atoms. The smallest absolute Gasteiger partial charge is 0.0770 e. The van der Waals surface area contributed by atoms with E-state index in [1.165, 1.54) is 9.95 Å². The highest BCUT2D eigenvalue weighted by Crippen LogP contribution is 2.40. The molecule has 0 radical (unpaired) electrons. The van der Waals surface area contributed by atoms with Gasteiger partial charge in [0.25, 0.3) is 0 Å². The number of rotatable bonds is 1. The first kappa shape index (κ1) is 10.6. The zero-order valence-corrected chi connectivity index (χ0v) is 10.4. The fourth-order valence-corrected chi connectivity index (χ4v) is 3.09. The maximum atomic E-state index is 4.64. The minimum absolute atomic E-state index is 0.0299. The van der Waals surface area contributed by atoms with E-state index in [1.807, 2.05) is 0 Å². The van der Waals surface area contributed by atoms with Gasteiger partial charge in [0, 0.05) is 10.3 Å². The second kappa shape index (κ2) is 3.60. The van der Waals surface area contributed by atoms with Crippen LogP contribution in [0.5, 0.6) is 0 Å². The Balaban J connectivity index is 2.42. The van der Waals surface area contributed by atoms with Crippen molar-refractivity contribution < 1.29 is 0 Å². The third-order valence-corrected chi connectivity index (χ3v) is 4.51. The van der Waals surface area contributed by atoms with Gasteiger partial charge >= 0.3 is 0 Å². The Morgan fingerprint density at radius 1 is 1.33 bits per heavy atom. The van der Waals surface area contributed by atoms with Crippen LogP contribution in [-0.4, -0.2) is 10.9 Å². The average Bonchev–Trinajstić information content (AvgIpc) is 2.40. The number of allylic oxidation sites excluding steroid dienone is 4. The van der Waals surface area contributed by atoms with E-state index in [9.17, 15) is 0 Å². The number of hydrogen-bond donors (Lipinski definition) is 0. The second-order valence-corrected chi connectivity index (χ2v) is 6.18. The molecule has 1 aliphatic carbocycles. The monoisotopic (exact) mass is 219 g/mol. The fraction of sp³-hybridized carbons (Fsp3) is 0.385. The molecular formula is C13H17NS. The molecule has 80 valence electrons. The third-order valence-electron chi connectivity index (χ3n) is 2.68. The lowest BCUT2D eigenvalue weighted by molar-refractivity contribution is 0.627. The van der Waals surface area contributed by atoms with Gasteiger partial charge in [-0.25, -0.2) is 4.99 Å². The van der Waals surface area contributed by atoms with Crippen molar-refractivity contribution in [3.05, 3.63) is 34.9 Å². The summed E-state index contributed by atoms with van der Waals surface area (Å²) in [5, 5.41) is 1.23. The summed E-state index contributed by atoms with van der Waals surface area (Å²) in [6, 6.07) is 0. The lowest BCUT2D eigenvalue weighted by atomic mass is 9.93. The van der Waals surface area contributed by atoms with Crippen molar-refractivity contribution in [2.75, 3.05) is 0 Å². The maximum absolute atomic E-state index is 4.64. The Morgan fingerprint density at radius 3 is 2.67 bits per heavy atom. The molecule has 0 fully saturated rings. The first-order valence-electron chi connectivity index (χ1n) is 5.28. The summed E-state index contributed by atoms with van der Waals surface area (Å²) in [7, 11) is -0.0299. The Hall–Kier alpha value is -0.890. The zero-order chi connectivity index (χ0) is 11.1. The van der Waals surface area contributed by atoms with E-state index >= 15 is 0 Å². The van der Waals surface area contributed by atoms with Crippen LogP contribution in [0.4, 0.5) is 0 Å². The predicted octanol–water partition coefficient (Wildman–Crippen LogP) is 3.87. The van der Waals surface area contributed by atoms with E-state index in [1.54, 1.807) is 0 Å². The summed E-state index contributed by atoms with van der Waals surface area (Å²) >= 11 is 0. The van der Waals surface area contributed by atoms with Crippen LogP contribution in [0.1, 0.15) is 27.2 Å². The van der Waals surface area contributed by atoms with Crippen molar-refractivity contribution in [2.45, 2.75) is 27.2 Å². The van der Waals surface area contributed by atoms with Crippen molar-refractivity contribution in [3.8, 4) is 0 Å². The Bertz CT molecular complexity index is 433. The van der Waals surface area contributed by atoms with E-state index in [-0.39, 0.29) is 15.9 Å². The molecule has 0 amide bonds. The van der Waals surface area contributed by atoms with E-state index in [4.69, 9.17) is 0 Å². The molecule has 0 aromatic carbocycles. The number of nitrogens with zero attached hydrogens (tertiary/aromatic N) is 1. The Morgan fingerprint density at radius 2 is 2.00 bits per heavy atom. The quantitative estimate of drug-likeness (QED) is 0.594. The molecule has 2 heteroatoms. The van der Waals surface area contributed by atoms with Crippen molar-refractivity contribution in [3.63, 3.8) is 0 Å². The Kier molecular flexibility index (Phi) is 2.55. The average molecular weight is 219 g/mol. The summed E-state index contributed by atoms with van der Waals surface area (Å²) in [5.74, 6) is 4.22. The van der Waals surface area contributed by atoms with Crippen LogP contribution in [0.2, 0.25) is 0 Å². The maximum Gasteiger partial charge on any atom is 0.0770 e. The molecule has 0 saturated carbocycles. The van der Waals surface area contributed by atoms with Crippen LogP contribution in [-0.2, 0) is 0 Å². The van der Waals surface area contributed by atoms with Crippen molar-refractivity contribution in [1.82, 2.24) is 0 Å². The van der Waals surface area contributed by atoms with E-state index in [0.29, 0.717) is 0 Å². The standard InChI is InChI=1S/C13H17NS/c1-5-12-14-10-6-8-13(2,3)9-7-11(10)15(12)4/h6-9H,4-5H2,1-3H3. The van der Waals surface area contributed by atoms with Gasteiger partial charge in [0.1, 0.15) is 0 Å². The molecule has 1 heterocycles.